The molecule has 9 rings (SSSR count). The fraction of sp³-hybridized carbons (Fsp3) is 0.169. The minimum atomic E-state index is -0.0111. The van der Waals surface area contributed by atoms with Crippen molar-refractivity contribution in [3.63, 3.8) is 0 Å². The molecule has 4 heteroatoms. The molecule has 0 aliphatic carbocycles. The average Bonchev–Trinajstić information content (AvgIpc) is 3.27. The normalized spacial score (nSPS) is 11.4. The van der Waals surface area contributed by atoms with Crippen LogP contribution in [0, 0.1) is 62.3 Å². The highest BCUT2D eigenvalue weighted by atomic mass is 15.3. The minimum Gasteiger partial charge on any atom is -0.279 e. The van der Waals surface area contributed by atoms with Gasteiger partial charge in [-0.25, -0.2) is 4.98 Å². The molecule has 0 saturated heterocycles. The van der Waals surface area contributed by atoms with Gasteiger partial charge >= 0.3 is 0 Å². The Hall–Kier alpha value is -7.17. The summed E-state index contributed by atoms with van der Waals surface area (Å²) in [6.07, 6.45) is 0. The van der Waals surface area contributed by atoms with Crippen molar-refractivity contribution in [2.45, 2.75) is 68.2 Å². The molecule has 1 heterocycles. The summed E-state index contributed by atoms with van der Waals surface area (Å²) >= 11 is 0. The van der Waals surface area contributed by atoms with E-state index < -0.39 is 0 Å². The highest BCUT2D eigenvalue weighted by molar-refractivity contribution is 6.03. The van der Waals surface area contributed by atoms with Crippen molar-refractivity contribution in [3.05, 3.63) is 224 Å². The molecule has 0 saturated carbocycles. The standard InChI is InChI=1S/C59H54N4/c1-36-31-38(3)51(39(4)32-36)55(52-40(5)33-37(2)34-41(52)6)53-42(7)35-43(8)56(44(53)9)63(48-26-17-12-18-27-48)59-61-57(47-24-15-11-16-25-47)60-58(62-59)50-30-29-45-21-19-20-28-49(45)54(50)46-22-13-10-14-23-46/h10-35,55H,1-9H3. The molecule has 0 amide bonds. The zero-order valence-electron chi connectivity index (χ0n) is 37.9. The third-order valence-electron chi connectivity index (χ3n) is 12.7. The van der Waals surface area contributed by atoms with Crippen LogP contribution >= 0.6 is 0 Å². The van der Waals surface area contributed by atoms with E-state index in [1.807, 2.05) is 18.2 Å². The number of fused-ring (bicyclic) bond motifs is 1. The molecule has 0 radical (unpaired) electrons. The molecule has 0 unspecified atom stereocenters. The Bertz CT molecular complexity index is 3050. The third-order valence-corrected chi connectivity index (χ3v) is 12.7. The lowest BCUT2D eigenvalue weighted by Crippen LogP contribution is -2.20. The van der Waals surface area contributed by atoms with Crippen LogP contribution < -0.4 is 4.90 Å². The zero-order chi connectivity index (χ0) is 43.9. The molecule has 0 spiro atoms. The maximum Gasteiger partial charge on any atom is 0.238 e. The van der Waals surface area contributed by atoms with E-state index >= 15 is 0 Å². The topological polar surface area (TPSA) is 41.9 Å². The molecular formula is C59H54N4. The van der Waals surface area contributed by atoms with Crippen LogP contribution in [0.3, 0.4) is 0 Å². The van der Waals surface area contributed by atoms with Gasteiger partial charge in [0.05, 0.1) is 5.69 Å². The summed E-state index contributed by atoms with van der Waals surface area (Å²) in [6, 6.07) is 56.2. The van der Waals surface area contributed by atoms with Gasteiger partial charge in [-0.1, -0.05) is 151 Å². The van der Waals surface area contributed by atoms with Crippen LogP contribution in [0.4, 0.5) is 17.3 Å². The summed E-state index contributed by atoms with van der Waals surface area (Å²) in [6.45, 7) is 20.4. The van der Waals surface area contributed by atoms with Crippen LogP contribution in [-0.4, -0.2) is 15.0 Å². The van der Waals surface area contributed by atoms with E-state index in [0.29, 0.717) is 17.6 Å². The number of nitrogens with zero attached hydrogens (tertiary/aromatic N) is 4. The minimum absolute atomic E-state index is 0.0111. The first-order chi connectivity index (χ1) is 30.5. The summed E-state index contributed by atoms with van der Waals surface area (Å²) < 4.78 is 0. The van der Waals surface area contributed by atoms with Gasteiger partial charge in [0, 0.05) is 28.3 Å². The second kappa shape index (κ2) is 16.9. The van der Waals surface area contributed by atoms with Crippen molar-refractivity contribution in [1.82, 2.24) is 15.0 Å². The van der Waals surface area contributed by atoms with Crippen molar-refractivity contribution < 1.29 is 0 Å². The number of rotatable bonds is 9. The van der Waals surface area contributed by atoms with Crippen LogP contribution in [0.25, 0.3) is 44.7 Å². The summed E-state index contributed by atoms with van der Waals surface area (Å²) in [4.78, 5) is 18.6. The molecule has 8 aromatic carbocycles. The molecule has 1 aromatic heterocycles. The van der Waals surface area contributed by atoms with Crippen LogP contribution in [-0.2, 0) is 0 Å². The molecule has 0 aliphatic heterocycles. The number of hydrogen-bond acceptors (Lipinski definition) is 4. The highest BCUT2D eigenvalue weighted by Crippen LogP contribution is 2.48. The monoisotopic (exact) mass is 818 g/mol. The molecule has 310 valence electrons. The quantitative estimate of drug-likeness (QED) is 0.136. The first-order valence-electron chi connectivity index (χ1n) is 22.0. The Morgan fingerprint density at radius 1 is 0.413 bits per heavy atom. The zero-order valence-corrected chi connectivity index (χ0v) is 37.9. The average molecular weight is 819 g/mol. The number of hydrogen-bond donors (Lipinski definition) is 0. The fourth-order valence-electron chi connectivity index (χ4n) is 10.3. The molecule has 0 bridgehead atoms. The Morgan fingerprint density at radius 2 is 0.905 bits per heavy atom. The van der Waals surface area contributed by atoms with Crippen molar-refractivity contribution in [2.75, 3.05) is 4.90 Å². The van der Waals surface area contributed by atoms with E-state index in [1.54, 1.807) is 0 Å². The molecule has 0 N–H and O–H groups in total. The molecule has 0 atom stereocenters. The number of benzene rings is 8. The van der Waals surface area contributed by atoms with Gasteiger partial charge in [-0.15, -0.1) is 0 Å². The highest BCUT2D eigenvalue weighted by Gasteiger charge is 2.31. The van der Waals surface area contributed by atoms with Crippen molar-refractivity contribution in [2.24, 2.45) is 0 Å². The van der Waals surface area contributed by atoms with Gasteiger partial charge in [0.25, 0.3) is 0 Å². The smallest absolute Gasteiger partial charge is 0.238 e. The lowest BCUT2D eigenvalue weighted by atomic mass is 9.74. The second-order valence-corrected chi connectivity index (χ2v) is 17.4. The van der Waals surface area contributed by atoms with E-state index in [9.17, 15) is 0 Å². The van der Waals surface area contributed by atoms with Gasteiger partial charge in [0.1, 0.15) is 0 Å². The molecule has 0 fully saturated rings. The van der Waals surface area contributed by atoms with Crippen LogP contribution in [0.2, 0.25) is 0 Å². The molecule has 9 aromatic rings. The molecular weight excluding hydrogens is 765 g/mol. The number of anilines is 3. The van der Waals surface area contributed by atoms with Crippen LogP contribution in [0.1, 0.15) is 72.7 Å². The number of aryl methyl sites for hydroxylation is 8. The van der Waals surface area contributed by atoms with Crippen LogP contribution in [0.5, 0.6) is 0 Å². The molecule has 63 heavy (non-hydrogen) atoms. The predicted octanol–water partition coefficient (Wildman–Crippen LogP) is 15.5. The first kappa shape index (κ1) is 41.2. The van der Waals surface area contributed by atoms with E-state index in [1.165, 1.54) is 61.2 Å². The van der Waals surface area contributed by atoms with E-state index in [0.717, 1.165) is 50.0 Å². The Labute approximate surface area is 373 Å². The molecule has 0 aliphatic rings. The summed E-state index contributed by atoms with van der Waals surface area (Å²) in [5, 5.41) is 2.31. The van der Waals surface area contributed by atoms with Crippen LogP contribution in [0.15, 0.2) is 158 Å². The maximum atomic E-state index is 5.55. The third kappa shape index (κ3) is 7.72. The van der Waals surface area contributed by atoms with Gasteiger partial charge in [-0.05, 0) is 152 Å². The maximum absolute atomic E-state index is 5.55. The van der Waals surface area contributed by atoms with Crippen molar-refractivity contribution in [3.8, 4) is 33.9 Å². The number of para-hydroxylation sites is 1. The van der Waals surface area contributed by atoms with E-state index in [4.69, 9.17) is 15.0 Å². The van der Waals surface area contributed by atoms with Gasteiger partial charge in [0.2, 0.25) is 5.95 Å². The largest absolute Gasteiger partial charge is 0.279 e. The lowest BCUT2D eigenvalue weighted by Gasteiger charge is -2.33. The first-order valence-corrected chi connectivity index (χ1v) is 22.0. The van der Waals surface area contributed by atoms with Crippen molar-refractivity contribution >= 4 is 28.1 Å². The van der Waals surface area contributed by atoms with E-state index in [2.05, 4.69) is 207 Å². The lowest BCUT2D eigenvalue weighted by molar-refractivity contribution is 0.895. The Kier molecular flexibility index (Phi) is 11.1. The Balaban J connectivity index is 1.36. The Morgan fingerprint density at radius 3 is 1.49 bits per heavy atom. The summed E-state index contributed by atoms with van der Waals surface area (Å²) in [5.41, 5.74) is 21.5. The summed E-state index contributed by atoms with van der Waals surface area (Å²) in [5.74, 6) is 1.77. The number of aromatic nitrogens is 3. The van der Waals surface area contributed by atoms with E-state index in [-0.39, 0.29) is 5.92 Å². The van der Waals surface area contributed by atoms with Gasteiger partial charge in [0.15, 0.2) is 11.6 Å². The van der Waals surface area contributed by atoms with Gasteiger partial charge in [-0.2, -0.15) is 9.97 Å². The predicted molar refractivity (Wildman–Crippen MR) is 265 cm³/mol. The summed E-state index contributed by atoms with van der Waals surface area (Å²) in [7, 11) is 0. The van der Waals surface area contributed by atoms with Crippen molar-refractivity contribution in [1.29, 1.82) is 0 Å². The van der Waals surface area contributed by atoms with Gasteiger partial charge < -0.3 is 0 Å². The fourth-order valence-corrected chi connectivity index (χ4v) is 10.3. The van der Waals surface area contributed by atoms with Gasteiger partial charge in [-0.3, -0.25) is 4.90 Å². The SMILES string of the molecule is Cc1cc(C)c(C(c2c(C)cc(C)cc2C)c2c(C)cc(C)c(N(c3ccccc3)c3nc(-c4ccccc4)nc(-c4ccc5ccccc5c4-c4ccccc4)n3)c2C)c(C)c1. The molecule has 4 nitrogen and oxygen atoms in total. The second-order valence-electron chi connectivity index (χ2n) is 17.4.